The first kappa shape index (κ1) is 24.1. The van der Waals surface area contributed by atoms with Crippen molar-refractivity contribution in [2.75, 3.05) is 64.4 Å². The van der Waals surface area contributed by atoms with E-state index >= 15 is 0 Å². The zero-order chi connectivity index (χ0) is 26.2. The van der Waals surface area contributed by atoms with Gasteiger partial charge >= 0.3 is 0 Å². The smallest absolute Gasteiger partial charge is 0.138 e. The summed E-state index contributed by atoms with van der Waals surface area (Å²) in [4.78, 5) is 20.0. The summed E-state index contributed by atoms with van der Waals surface area (Å²) in [6, 6.07) is 12.7. The largest absolute Gasteiger partial charge is 0.491 e. The fourth-order valence-electron chi connectivity index (χ4n) is 5.79. The number of nitrogens with zero attached hydrogens (tertiary/aromatic N) is 6. The van der Waals surface area contributed by atoms with E-state index in [1.807, 2.05) is 18.5 Å². The lowest BCUT2D eigenvalue weighted by molar-refractivity contribution is 0.237. The van der Waals surface area contributed by atoms with Crippen molar-refractivity contribution in [2.45, 2.75) is 12.8 Å². The van der Waals surface area contributed by atoms with Gasteiger partial charge in [-0.25, -0.2) is 4.98 Å². The summed E-state index contributed by atoms with van der Waals surface area (Å²) >= 11 is 0. The van der Waals surface area contributed by atoms with E-state index in [9.17, 15) is 0 Å². The van der Waals surface area contributed by atoms with Gasteiger partial charge in [0.05, 0.1) is 22.9 Å². The van der Waals surface area contributed by atoms with Crippen molar-refractivity contribution in [1.82, 2.24) is 34.9 Å². The number of nitrogens with one attached hydrogen (secondary N) is 2. The Morgan fingerprint density at radius 2 is 1.74 bits per heavy atom. The molecule has 200 valence electrons. The Bertz CT molecular complexity index is 1590. The van der Waals surface area contributed by atoms with Gasteiger partial charge in [0, 0.05) is 61.5 Å². The van der Waals surface area contributed by atoms with E-state index in [0.717, 1.165) is 88.6 Å². The molecule has 0 radical (unpaired) electrons. The maximum atomic E-state index is 6.06. The van der Waals surface area contributed by atoms with Crippen molar-refractivity contribution in [1.29, 1.82) is 0 Å². The van der Waals surface area contributed by atoms with E-state index in [0.29, 0.717) is 6.61 Å². The molecule has 2 N–H and O–H groups in total. The van der Waals surface area contributed by atoms with Crippen LogP contribution in [0.2, 0.25) is 0 Å². The Morgan fingerprint density at radius 1 is 0.872 bits per heavy atom. The molecule has 2 saturated heterocycles. The first-order valence-corrected chi connectivity index (χ1v) is 13.9. The third-order valence-corrected chi connectivity index (χ3v) is 8.07. The molecule has 2 aliphatic heterocycles. The number of likely N-dealkylation sites (tertiary alicyclic amines) is 1. The molecule has 0 spiro atoms. The number of aromatic nitrogens is 5. The number of rotatable bonds is 7. The lowest BCUT2D eigenvalue weighted by Gasteiger charge is -2.33. The van der Waals surface area contributed by atoms with Crippen LogP contribution in [-0.2, 0) is 0 Å². The van der Waals surface area contributed by atoms with Crippen molar-refractivity contribution in [3.05, 3.63) is 55.0 Å². The lowest BCUT2D eigenvalue weighted by Crippen LogP contribution is -2.44. The Kier molecular flexibility index (Phi) is 6.38. The van der Waals surface area contributed by atoms with E-state index in [4.69, 9.17) is 14.8 Å². The molecular formula is C30H34N8O. The summed E-state index contributed by atoms with van der Waals surface area (Å²) in [7, 11) is 2.17. The highest BCUT2D eigenvalue weighted by Crippen LogP contribution is 2.34. The minimum Gasteiger partial charge on any atom is -0.491 e. The molecule has 0 bridgehead atoms. The lowest BCUT2D eigenvalue weighted by atomic mass is 10.0. The van der Waals surface area contributed by atoms with E-state index in [-0.39, 0.29) is 0 Å². The van der Waals surface area contributed by atoms with Crippen molar-refractivity contribution < 1.29 is 4.74 Å². The maximum absolute atomic E-state index is 6.06. The zero-order valence-electron chi connectivity index (χ0n) is 22.4. The van der Waals surface area contributed by atoms with Gasteiger partial charge in [0.1, 0.15) is 23.9 Å². The second-order valence-electron chi connectivity index (χ2n) is 10.7. The normalized spacial score (nSPS) is 17.0. The standard InChI is InChI=1S/C30H34N8O/c1-36-10-12-38(13-11-36)30-25-18-28(33-26(25)6-7-32-30)29-24-17-21(4-5-27(24)34-35-29)22-16-23(20-31-19-22)39-15-14-37-8-2-3-9-37/h4-7,16-20,33H,2-3,8-15H2,1H3,(H,34,35). The molecule has 9 nitrogen and oxygen atoms in total. The van der Waals surface area contributed by atoms with Crippen LogP contribution in [0.1, 0.15) is 12.8 Å². The fourth-order valence-corrected chi connectivity index (χ4v) is 5.79. The van der Waals surface area contributed by atoms with E-state index in [1.54, 1.807) is 6.20 Å². The van der Waals surface area contributed by atoms with Gasteiger partial charge in [0.25, 0.3) is 0 Å². The van der Waals surface area contributed by atoms with Gasteiger partial charge in [-0.05, 0) is 68.9 Å². The molecule has 4 aromatic heterocycles. The minimum atomic E-state index is 0.682. The predicted molar refractivity (Wildman–Crippen MR) is 155 cm³/mol. The van der Waals surface area contributed by atoms with Gasteiger partial charge in [-0.2, -0.15) is 5.10 Å². The molecule has 2 fully saturated rings. The summed E-state index contributed by atoms with van der Waals surface area (Å²) in [5, 5.41) is 10.1. The first-order chi connectivity index (χ1) is 19.2. The highest BCUT2D eigenvalue weighted by Gasteiger charge is 2.20. The second-order valence-corrected chi connectivity index (χ2v) is 10.7. The second kappa shape index (κ2) is 10.3. The summed E-state index contributed by atoms with van der Waals surface area (Å²) in [5.41, 5.74) is 6.06. The molecule has 0 unspecified atom stereocenters. The predicted octanol–water partition coefficient (Wildman–Crippen LogP) is 4.39. The average molecular weight is 523 g/mol. The number of likely N-dealkylation sites (N-methyl/N-ethyl adjacent to an activating group) is 1. The molecule has 5 aromatic rings. The van der Waals surface area contributed by atoms with Crippen LogP contribution in [0.3, 0.4) is 0 Å². The molecule has 0 aliphatic carbocycles. The molecule has 0 amide bonds. The quantitative estimate of drug-likeness (QED) is 0.328. The van der Waals surface area contributed by atoms with Crippen molar-refractivity contribution >= 4 is 27.6 Å². The summed E-state index contributed by atoms with van der Waals surface area (Å²) in [5.74, 6) is 1.84. The Labute approximate surface area is 227 Å². The highest BCUT2D eigenvalue weighted by atomic mass is 16.5. The third-order valence-electron chi connectivity index (χ3n) is 8.07. The van der Waals surface area contributed by atoms with Crippen molar-refractivity contribution in [3.63, 3.8) is 0 Å². The molecule has 2 aliphatic rings. The SMILES string of the molecule is CN1CCN(c2nccc3[nH]c(-c4n[nH]c5ccc(-c6cncc(OCCN7CCCC7)c6)cc45)cc23)CC1. The Morgan fingerprint density at radius 3 is 2.62 bits per heavy atom. The number of hydrogen-bond donors (Lipinski definition) is 2. The zero-order valence-corrected chi connectivity index (χ0v) is 22.4. The molecule has 6 heterocycles. The van der Waals surface area contributed by atoms with Crippen molar-refractivity contribution in [3.8, 4) is 28.3 Å². The van der Waals surface area contributed by atoms with Crippen LogP contribution in [-0.4, -0.2) is 94.4 Å². The maximum Gasteiger partial charge on any atom is 0.138 e. The molecule has 39 heavy (non-hydrogen) atoms. The van der Waals surface area contributed by atoms with E-state index < -0.39 is 0 Å². The number of benzene rings is 1. The molecule has 7 rings (SSSR count). The molecule has 0 atom stereocenters. The van der Waals surface area contributed by atoms with Gasteiger partial charge in [0.15, 0.2) is 0 Å². The van der Waals surface area contributed by atoms with E-state index in [1.165, 1.54) is 25.9 Å². The number of piperazine rings is 1. The van der Waals surface area contributed by atoms with Crippen LogP contribution in [0.4, 0.5) is 5.82 Å². The van der Waals surface area contributed by atoms with E-state index in [2.05, 4.69) is 67.1 Å². The van der Waals surface area contributed by atoms with Gasteiger partial charge in [0.2, 0.25) is 0 Å². The van der Waals surface area contributed by atoms with Gasteiger partial charge in [-0.15, -0.1) is 0 Å². The average Bonchev–Trinajstić information content (AvgIpc) is 3.73. The van der Waals surface area contributed by atoms with Gasteiger partial charge in [-0.3, -0.25) is 15.0 Å². The molecule has 9 heteroatoms. The van der Waals surface area contributed by atoms with Crippen molar-refractivity contribution in [2.24, 2.45) is 0 Å². The fraction of sp³-hybridized carbons (Fsp3) is 0.367. The topological polar surface area (TPSA) is 89.2 Å². The minimum absolute atomic E-state index is 0.682. The third kappa shape index (κ3) is 4.84. The summed E-state index contributed by atoms with van der Waals surface area (Å²) < 4.78 is 6.06. The summed E-state index contributed by atoms with van der Waals surface area (Å²) in [6.45, 7) is 8.05. The van der Waals surface area contributed by atoms with Crippen LogP contribution >= 0.6 is 0 Å². The van der Waals surface area contributed by atoms with Crippen LogP contribution < -0.4 is 9.64 Å². The van der Waals surface area contributed by atoms with Crippen LogP contribution in [0.15, 0.2) is 55.0 Å². The van der Waals surface area contributed by atoms with Crippen LogP contribution in [0, 0.1) is 0 Å². The van der Waals surface area contributed by atoms with Crippen LogP contribution in [0.25, 0.3) is 44.3 Å². The Balaban J connectivity index is 1.17. The molecule has 0 saturated carbocycles. The van der Waals surface area contributed by atoms with Gasteiger partial charge < -0.3 is 19.5 Å². The summed E-state index contributed by atoms with van der Waals surface area (Å²) in [6.07, 6.45) is 8.17. The Hall–Kier alpha value is -3.95. The number of H-pyrrole nitrogens is 2. The number of hydrogen-bond acceptors (Lipinski definition) is 7. The monoisotopic (exact) mass is 522 g/mol. The number of aromatic amines is 2. The van der Waals surface area contributed by atoms with Crippen LogP contribution in [0.5, 0.6) is 5.75 Å². The highest BCUT2D eigenvalue weighted by molar-refractivity contribution is 6.00. The number of ether oxygens (including phenoxy) is 1. The molecular weight excluding hydrogens is 488 g/mol. The van der Waals surface area contributed by atoms with Gasteiger partial charge in [-0.1, -0.05) is 6.07 Å². The number of fused-ring (bicyclic) bond motifs is 2. The number of pyridine rings is 2. The molecule has 1 aromatic carbocycles. The first-order valence-electron chi connectivity index (χ1n) is 13.9. The number of anilines is 1.